The summed E-state index contributed by atoms with van der Waals surface area (Å²) in [5.74, 6) is 0.620. The summed E-state index contributed by atoms with van der Waals surface area (Å²) in [6.45, 7) is 7.48. The smallest absolute Gasteiger partial charge is 0.227 e. The molecule has 1 atom stereocenters. The first kappa shape index (κ1) is 18.9. The lowest BCUT2D eigenvalue weighted by Crippen LogP contribution is -2.43. The molecule has 1 aliphatic heterocycles. The minimum atomic E-state index is -0.229. The summed E-state index contributed by atoms with van der Waals surface area (Å²) < 4.78 is 0. The number of anilines is 1. The van der Waals surface area contributed by atoms with Crippen LogP contribution in [0.15, 0.2) is 30.3 Å². The van der Waals surface area contributed by atoms with Crippen LogP contribution in [0, 0.1) is 17.3 Å². The van der Waals surface area contributed by atoms with Crippen LogP contribution < -0.4 is 10.2 Å². The van der Waals surface area contributed by atoms with Crippen LogP contribution in [0.4, 0.5) is 5.69 Å². The van der Waals surface area contributed by atoms with E-state index in [0.717, 1.165) is 24.4 Å². The largest absolute Gasteiger partial charge is 0.353 e. The third kappa shape index (κ3) is 4.11. The zero-order chi connectivity index (χ0) is 18.7. The Balaban J connectivity index is 1.51. The summed E-state index contributed by atoms with van der Waals surface area (Å²) in [6.07, 6.45) is 6.01. The van der Waals surface area contributed by atoms with E-state index in [1.54, 1.807) is 4.90 Å². The molecule has 0 aromatic heterocycles. The standard InChI is InChI=1S/C22H32N2O2/c1-4-22(2,3)17-10-12-18(13-11-17)23-21(26)16-14-20(25)24(15-16)19-8-6-5-7-9-19/h5-9,16-18H,4,10-15H2,1-3H3,(H,23,26)/t16-,17?,18?/m0/s1. The molecule has 4 nitrogen and oxygen atoms in total. The maximum Gasteiger partial charge on any atom is 0.227 e. The average Bonchev–Trinajstić information content (AvgIpc) is 3.05. The van der Waals surface area contributed by atoms with Crippen LogP contribution in [0.1, 0.15) is 59.3 Å². The van der Waals surface area contributed by atoms with Crippen LogP contribution in [0.25, 0.3) is 0 Å². The summed E-state index contributed by atoms with van der Waals surface area (Å²) in [5.41, 5.74) is 1.28. The Labute approximate surface area is 157 Å². The lowest BCUT2D eigenvalue weighted by atomic mass is 9.69. The molecule has 3 rings (SSSR count). The molecule has 0 spiro atoms. The topological polar surface area (TPSA) is 49.4 Å². The van der Waals surface area contributed by atoms with Gasteiger partial charge in [0.1, 0.15) is 0 Å². The predicted molar refractivity (Wildman–Crippen MR) is 105 cm³/mol. The van der Waals surface area contributed by atoms with E-state index in [9.17, 15) is 9.59 Å². The van der Waals surface area contributed by atoms with Gasteiger partial charge in [-0.2, -0.15) is 0 Å². The van der Waals surface area contributed by atoms with Gasteiger partial charge in [0.15, 0.2) is 0 Å². The van der Waals surface area contributed by atoms with Gasteiger partial charge in [-0.15, -0.1) is 0 Å². The monoisotopic (exact) mass is 356 g/mol. The summed E-state index contributed by atoms with van der Waals surface area (Å²) in [7, 11) is 0. The Kier molecular flexibility index (Phi) is 5.69. The van der Waals surface area contributed by atoms with Crippen LogP contribution in [-0.2, 0) is 9.59 Å². The maximum absolute atomic E-state index is 12.7. The zero-order valence-corrected chi connectivity index (χ0v) is 16.3. The van der Waals surface area contributed by atoms with Crippen molar-refractivity contribution in [2.24, 2.45) is 17.3 Å². The lowest BCUT2D eigenvalue weighted by molar-refractivity contribution is -0.127. The molecule has 1 saturated heterocycles. The van der Waals surface area contributed by atoms with Crippen molar-refractivity contribution in [2.45, 2.75) is 65.3 Å². The quantitative estimate of drug-likeness (QED) is 0.861. The third-order valence-corrected chi connectivity index (χ3v) is 6.65. The molecule has 1 saturated carbocycles. The van der Waals surface area contributed by atoms with Gasteiger partial charge in [0, 0.05) is 24.7 Å². The fourth-order valence-corrected chi connectivity index (χ4v) is 4.37. The van der Waals surface area contributed by atoms with Crippen LogP contribution >= 0.6 is 0 Å². The molecular formula is C22H32N2O2. The molecular weight excluding hydrogens is 324 g/mol. The van der Waals surface area contributed by atoms with Gasteiger partial charge in [0.25, 0.3) is 0 Å². The van der Waals surface area contributed by atoms with Gasteiger partial charge in [-0.3, -0.25) is 9.59 Å². The summed E-state index contributed by atoms with van der Waals surface area (Å²) in [6, 6.07) is 9.90. The first-order chi connectivity index (χ1) is 12.4. The number of hydrogen-bond acceptors (Lipinski definition) is 2. The fraction of sp³-hybridized carbons (Fsp3) is 0.636. The van der Waals surface area contributed by atoms with Crippen molar-refractivity contribution in [3.05, 3.63) is 30.3 Å². The zero-order valence-electron chi connectivity index (χ0n) is 16.3. The molecule has 0 radical (unpaired) electrons. The molecule has 0 bridgehead atoms. The van der Waals surface area contributed by atoms with Crippen molar-refractivity contribution in [1.82, 2.24) is 5.32 Å². The molecule has 1 heterocycles. The van der Waals surface area contributed by atoms with Crippen molar-refractivity contribution in [3.8, 4) is 0 Å². The van der Waals surface area contributed by atoms with Crippen molar-refractivity contribution in [2.75, 3.05) is 11.4 Å². The number of nitrogens with one attached hydrogen (secondary N) is 1. The SMILES string of the molecule is CCC(C)(C)C1CCC(NC(=O)[C@H]2CC(=O)N(c3ccccc3)C2)CC1. The third-order valence-electron chi connectivity index (χ3n) is 6.65. The number of carbonyl (C=O) groups is 2. The van der Waals surface area contributed by atoms with E-state index in [2.05, 4.69) is 26.1 Å². The number of nitrogens with zero attached hydrogens (tertiary/aromatic N) is 1. The molecule has 1 aliphatic carbocycles. The van der Waals surface area contributed by atoms with E-state index in [1.807, 2.05) is 30.3 Å². The summed E-state index contributed by atoms with van der Waals surface area (Å²) >= 11 is 0. The van der Waals surface area contributed by atoms with E-state index >= 15 is 0 Å². The van der Waals surface area contributed by atoms with Gasteiger partial charge in [-0.25, -0.2) is 0 Å². The second-order valence-corrected chi connectivity index (χ2v) is 8.64. The number of carbonyl (C=O) groups excluding carboxylic acids is 2. The van der Waals surface area contributed by atoms with E-state index in [4.69, 9.17) is 0 Å². The summed E-state index contributed by atoms with van der Waals surface area (Å²) in [4.78, 5) is 26.7. The fourth-order valence-electron chi connectivity index (χ4n) is 4.37. The number of rotatable bonds is 5. The van der Waals surface area contributed by atoms with E-state index in [-0.39, 0.29) is 23.8 Å². The maximum atomic E-state index is 12.7. The molecule has 2 fully saturated rings. The number of para-hydroxylation sites is 1. The number of benzene rings is 1. The van der Waals surface area contributed by atoms with E-state index in [0.29, 0.717) is 18.4 Å². The van der Waals surface area contributed by atoms with Crippen molar-refractivity contribution in [1.29, 1.82) is 0 Å². The Hall–Kier alpha value is -1.84. The van der Waals surface area contributed by atoms with Gasteiger partial charge >= 0.3 is 0 Å². The molecule has 2 aliphatic rings. The second kappa shape index (κ2) is 7.81. The molecule has 0 unspecified atom stereocenters. The molecule has 1 N–H and O–H groups in total. The molecule has 2 amide bonds. The molecule has 1 aromatic carbocycles. The highest BCUT2D eigenvalue weighted by molar-refractivity contribution is 6.00. The van der Waals surface area contributed by atoms with E-state index < -0.39 is 0 Å². The minimum Gasteiger partial charge on any atom is -0.353 e. The highest BCUT2D eigenvalue weighted by Crippen LogP contribution is 2.40. The Morgan fingerprint density at radius 3 is 2.42 bits per heavy atom. The average molecular weight is 357 g/mol. The van der Waals surface area contributed by atoms with Crippen LogP contribution in [-0.4, -0.2) is 24.4 Å². The van der Waals surface area contributed by atoms with Crippen LogP contribution in [0.2, 0.25) is 0 Å². The predicted octanol–water partition coefficient (Wildman–Crippen LogP) is 4.15. The van der Waals surface area contributed by atoms with Crippen molar-refractivity contribution < 1.29 is 9.59 Å². The second-order valence-electron chi connectivity index (χ2n) is 8.64. The van der Waals surface area contributed by atoms with Gasteiger partial charge in [-0.1, -0.05) is 45.4 Å². The van der Waals surface area contributed by atoms with Gasteiger partial charge in [-0.05, 0) is 49.1 Å². The number of hydrogen-bond donors (Lipinski definition) is 1. The highest BCUT2D eigenvalue weighted by atomic mass is 16.2. The van der Waals surface area contributed by atoms with Crippen LogP contribution in [0.5, 0.6) is 0 Å². The first-order valence-corrected chi connectivity index (χ1v) is 10.1. The molecule has 1 aromatic rings. The minimum absolute atomic E-state index is 0.0461. The van der Waals surface area contributed by atoms with Crippen molar-refractivity contribution in [3.63, 3.8) is 0 Å². The molecule has 4 heteroatoms. The molecule has 142 valence electrons. The Morgan fingerprint density at radius 2 is 1.81 bits per heavy atom. The van der Waals surface area contributed by atoms with Gasteiger partial charge in [0.05, 0.1) is 5.92 Å². The Morgan fingerprint density at radius 1 is 1.15 bits per heavy atom. The Bertz CT molecular complexity index is 633. The van der Waals surface area contributed by atoms with Gasteiger partial charge < -0.3 is 10.2 Å². The summed E-state index contributed by atoms with van der Waals surface area (Å²) in [5, 5.41) is 3.23. The van der Waals surface area contributed by atoms with Crippen LogP contribution in [0.3, 0.4) is 0 Å². The lowest BCUT2D eigenvalue weighted by Gasteiger charge is -2.39. The number of amides is 2. The van der Waals surface area contributed by atoms with Crippen molar-refractivity contribution >= 4 is 17.5 Å². The molecule has 26 heavy (non-hydrogen) atoms. The first-order valence-electron chi connectivity index (χ1n) is 10.1. The highest BCUT2D eigenvalue weighted by Gasteiger charge is 2.37. The normalized spacial score (nSPS) is 26.8. The van der Waals surface area contributed by atoms with Gasteiger partial charge in [0.2, 0.25) is 11.8 Å². The van der Waals surface area contributed by atoms with E-state index in [1.165, 1.54) is 19.3 Å².